The summed E-state index contributed by atoms with van der Waals surface area (Å²) in [5.41, 5.74) is 0.124. The van der Waals surface area contributed by atoms with Gasteiger partial charge >= 0.3 is 5.97 Å². The van der Waals surface area contributed by atoms with Crippen molar-refractivity contribution in [3.05, 3.63) is 23.8 Å². The number of pyridine rings is 1. The van der Waals surface area contributed by atoms with Gasteiger partial charge in [0.1, 0.15) is 5.75 Å². The minimum Gasteiger partial charge on any atom is -0.496 e. The molecule has 15 heavy (non-hydrogen) atoms. The lowest BCUT2D eigenvalue weighted by atomic mass is 10.2. The Kier molecular flexibility index (Phi) is 4.03. The number of hydrogen-bond acceptors (Lipinski definition) is 4. The molecule has 0 aliphatic carbocycles. The van der Waals surface area contributed by atoms with Crippen LogP contribution in [-0.2, 0) is 16.0 Å². The van der Waals surface area contributed by atoms with Crippen LogP contribution in [0.4, 0.5) is 4.39 Å². The number of hydrogen-bond donors (Lipinski definition) is 0. The van der Waals surface area contributed by atoms with E-state index in [9.17, 15) is 9.18 Å². The largest absolute Gasteiger partial charge is 0.496 e. The number of aromatic nitrogens is 1. The van der Waals surface area contributed by atoms with E-state index in [-0.39, 0.29) is 18.6 Å². The van der Waals surface area contributed by atoms with Crippen molar-refractivity contribution >= 4 is 5.97 Å². The third kappa shape index (κ3) is 2.90. The van der Waals surface area contributed by atoms with Gasteiger partial charge in [-0.05, 0) is 13.0 Å². The van der Waals surface area contributed by atoms with Gasteiger partial charge in [0, 0.05) is 6.20 Å². The lowest BCUT2D eigenvalue weighted by Gasteiger charge is -2.07. The molecule has 0 amide bonds. The number of carbonyl (C=O) groups is 1. The van der Waals surface area contributed by atoms with Gasteiger partial charge in [-0.25, -0.2) is 4.98 Å². The lowest BCUT2D eigenvalue weighted by molar-refractivity contribution is -0.142. The Bertz CT molecular complexity index is 355. The van der Waals surface area contributed by atoms with E-state index in [0.29, 0.717) is 5.75 Å². The average Bonchev–Trinajstić information content (AvgIpc) is 2.21. The summed E-state index contributed by atoms with van der Waals surface area (Å²) >= 11 is 0. The second-order valence-electron chi connectivity index (χ2n) is 2.76. The van der Waals surface area contributed by atoms with Gasteiger partial charge in [0.05, 0.1) is 25.7 Å². The van der Waals surface area contributed by atoms with E-state index in [4.69, 9.17) is 9.47 Å². The van der Waals surface area contributed by atoms with E-state index in [1.54, 1.807) is 6.92 Å². The molecule has 0 spiro atoms. The summed E-state index contributed by atoms with van der Waals surface area (Å²) in [6.07, 6.45) is 1.11. The molecule has 0 aromatic carbocycles. The molecule has 0 N–H and O–H groups in total. The highest BCUT2D eigenvalue weighted by Gasteiger charge is 2.14. The molecular weight excluding hydrogens is 201 g/mol. The highest BCUT2D eigenvalue weighted by Crippen LogP contribution is 2.20. The fourth-order valence-corrected chi connectivity index (χ4v) is 1.16. The highest BCUT2D eigenvalue weighted by atomic mass is 19.1. The predicted octanol–water partition coefficient (Wildman–Crippen LogP) is 1.33. The molecule has 4 nitrogen and oxygen atoms in total. The van der Waals surface area contributed by atoms with E-state index in [0.717, 1.165) is 0 Å². The van der Waals surface area contributed by atoms with Crippen LogP contribution in [0, 0.1) is 5.95 Å². The quantitative estimate of drug-likeness (QED) is 0.559. The number of halogens is 1. The van der Waals surface area contributed by atoms with Crippen molar-refractivity contribution in [3.8, 4) is 5.75 Å². The van der Waals surface area contributed by atoms with Crippen LogP contribution in [0.3, 0.4) is 0 Å². The number of ether oxygens (including phenoxy) is 2. The zero-order chi connectivity index (χ0) is 11.3. The van der Waals surface area contributed by atoms with Crippen molar-refractivity contribution in [3.63, 3.8) is 0 Å². The molecule has 0 saturated carbocycles. The van der Waals surface area contributed by atoms with Gasteiger partial charge in [-0.1, -0.05) is 0 Å². The monoisotopic (exact) mass is 213 g/mol. The van der Waals surface area contributed by atoms with Crippen molar-refractivity contribution < 1.29 is 18.7 Å². The van der Waals surface area contributed by atoms with Crippen LogP contribution in [0.25, 0.3) is 0 Å². The van der Waals surface area contributed by atoms with Crippen molar-refractivity contribution in [2.75, 3.05) is 13.7 Å². The van der Waals surface area contributed by atoms with E-state index in [1.807, 2.05) is 0 Å². The number of nitrogens with zero attached hydrogens (tertiary/aromatic N) is 1. The van der Waals surface area contributed by atoms with Gasteiger partial charge in [-0.15, -0.1) is 0 Å². The molecule has 5 heteroatoms. The van der Waals surface area contributed by atoms with Crippen molar-refractivity contribution in [2.24, 2.45) is 0 Å². The van der Waals surface area contributed by atoms with Crippen LogP contribution in [-0.4, -0.2) is 24.7 Å². The molecule has 0 unspecified atom stereocenters. The van der Waals surface area contributed by atoms with Crippen molar-refractivity contribution in [1.29, 1.82) is 0 Å². The van der Waals surface area contributed by atoms with Gasteiger partial charge < -0.3 is 9.47 Å². The minimum absolute atomic E-state index is 0.124. The first-order valence-corrected chi connectivity index (χ1v) is 4.52. The van der Waals surface area contributed by atoms with Gasteiger partial charge in [0.15, 0.2) is 0 Å². The summed E-state index contributed by atoms with van der Waals surface area (Å²) in [6, 6.07) is 1.50. The van der Waals surface area contributed by atoms with Crippen molar-refractivity contribution in [1.82, 2.24) is 4.98 Å². The van der Waals surface area contributed by atoms with Crippen LogP contribution >= 0.6 is 0 Å². The maximum Gasteiger partial charge on any atom is 0.310 e. The first-order valence-electron chi connectivity index (χ1n) is 4.52. The van der Waals surface area contributed by atoms with E-state index in [1.165, 1.54) is 19.4 Å². The Morgan fingerprint density at radius 1 is 1.60 bits per heavy atom. The predicted molar refractivity (Wildman–Crippen MR) is 51.1 cm³/mol. The Hall–Kier alpha value is -1.65. The fourth-order valence-electron chi connectivity index (χ4n) is 1.16. The van der Waals surface area contributed by atoms with Gasteiger partial charge in [0.2, 0.25) is 5.95 Å². The number of methoxy groups -OCH3 is 1. The molecule has 1 rings (SSSR count). The zero-order valence-electron chi connectivity index (χ0n) is 8.62. The number of esters is 1. The number of rotatable bonds is 4. The average molecular weight is 213 g/mol. The van der Waals surface area contributed by atoms with Gasteiger partial charge in [-0.2, -0.15) is 4.39 Å². The molecule has 1 aromatic heterocycles. The topological polar surface area (TPSA) is 48.4 Å². The summed E-state index contributed by atoms with van der Waals surface area (Å²) < 4.78 is 22.9. The first-order chi connectivity index (χ1) is 7.19. The van der Waals surface area contributed by atoms with E-state index >= 15 is 0 Å². The van der Waals surface area contributed by atoms with Crippen LogP contribution < -0.4 is 4.74 Å². The van der Waals surface area contributed by atoms with Crippen LogP contribution in [0.2, 0.25) is 0 Å². The molecule has 0 saturated heterocycles. The van der Waals surface area contributed by atoms with Gasteiger partial charge in [0.25, 0.3) is 0 Å². The van der Waals surface area contributed by atoms with Crippen LogP contribution in [0.5, 0.6) is 5.75 Å². The molecule has 1 heterocycles. The maximum absolute atomic E-state index is 13.2. The summed E-state index contributed by atoms with van der Waals surface area (Å²) in [4.78, 5) is 14.6. The third-order valence-electron chi connectivity index (χ3n) is 1.81. The molecule has 0 radical (unpaired) electrons. The fraction of sp³-hybridized carbons (Fsp3) is 0.400. The Morgan fingerprint density at radius 2 is 2.33 bits per heavy atom. The molecule has 82 valence electrons. The lowest BCUT2D eigenvalue weighted by Crippen LogP contribution is -2.10. The molecular formula is C10H12FNO3. The van der Waals surface area contributed by atoms with Crippen LogP contribution in [0.1, 0.15) is 12.5 Å². The van der Waals surface area contributed by atoms with Gasteiger partial charge in [-0.3, -0.25) is 4.79 Å². The molecule has 0 atom stereocenters. The minimum atomic E-state index is -0.706. The van der Waals surface area contributed by atoms with E-state index < -0.39 is 11.9 Å². The second-order valence-corrected chi connectivity index (χ2v) is 2.76. The Labute approximate surface area is 87.0 Å². The maximum atomic E-state index is 13.2. The Morgan fingerprint density at radius 3 is 2.93 bits per heavy atom. The van der Waals surface area contributed by atoms with Crippen molar-refractivity contribution in [2.45, 2.75) is 13.3 Å². The molecule has 0 fully saturated rings. The molecule has 0 bridgehead atoms. The summed E-state index contributed by atoms with van der Waals surface area (Å²) in [6.45, 7) is 1.96. The molecule has 0 aliphatic heterocycles. The molecule has 0 aliphatic rings. The summed E-state index contributed by atoms with van der Waals surface area (Å²) in [5, 5.41) is 0. The third-order valence-corrected chi connectivity index (χ3v) is 1.81. The second kappa shape index (κ2) is 5.29. The highest BCUT2D eigenvalue weighted by molar-refractivity contribution is 5.73. The van der Waals surface area contributed by atoms with E-state index in [2.05, 4.69) is 4.98 Å². The summed E-state index contributed by atoms with van der Waals surface area (Å²) in [5.74, 6) is -0.902. The zero-order valence-corrected chi connectivity index (χ0v) is 8.62. The molecule has 1 aromatic rings. The normalized spacial score (nSPS) is 9.80. The SMILES string of the molecule is CCOC(=O)Cc1c(OC)ccnc1F. The number of carbonyl (C=O) groups excluding carboxylic acids is 1. The smallest absolute Gasteiger partial charge is 0.310 e. The summed E-state index contributed by atoms with van der Waals surface area (Å²) in [7, 11) is 1.41. The van der Waals surface area contributed by atoms with Crippen LogP contribution in [0.15, 0.2) is 12.3 Å². The standard InChI is InChI=1S/C10H12FNO3/c1-3-15-9(13)6-7-8(14-2)4-5-12-10(7)11/h4-5H,3,6H2,1-2H3. The first kappa shape index (κ1) is 11.4. The Balaban J connectivity index is 2.87.